The van der Waals surface area contributed by atoms with Gasteiger partial charge in [-0.05, 0) is 5.92 Å². The SMILES string of the molecule is CC[C@@H]1[C@@H](C)[C@H]([NH+]2CCOCC2)NC(=O)[C@@H]1C#N. The van der Waals surface area contributed by atoms with Gasteiger partial charge in [-0.3, -0.25) is 4.79 Å². The molecule has 0 aromatic carbocycles. The Morgan fingerprint density at radius 1 is 1.50 bits per heavy atom. The molecule has 4 atom stereocenters. The van der Waals surface area contributed by atoms with Gasteiger partial charge in [-0.15, -0.1) is 0 Å². The Kier molecular flexibility index (Phi) is 4.20. The van der Waals surface area contributed by atoms with Gasteiger partial charge in [0.15, 0.2) is 6.17 Å². The van der Waals surface area contributed by atoms with E-state index in [1.54, 1.807) is 0 Å². The number of quaternary nitrogens is 1. The maximum atomic E-state index is 12.0. The number of nitrogens with one attached hydrogen (secondary N) is 2. The number of carbonyl (C=O) groups excluding carboxylic acids is 1. The molecule has 0 radical (unpaired) electrons. The summed E-state index contributed by atoms with van der Waals surface area (Å²) < 4.78 is 5.36. The minimum Gasteiger partial charge on any atom is -0.370 e. The van der Waals surface area contributed by atoms with E-state index in [-0.39, 0.29) is 18.0 Å². The molecule has 2 aliphatic rings. The van der Waals surface area contributed by atoms with Crippen molar-refractivity contribution < 1.29 is 14.4 Å². The monoisotopic (exact) mass is 252 g/mol. The van der Waals surface area contributed by atoms with E-state index in [9.17, 15) is 4.79 Å². The predicted molar refractivity (Wildman–Crippen MR) is 65.5 cm³/mol. The highest BCUT2D eigenvalue weighted by molar-refractivity contribution is 5.82. The molecule has 5 nitrogen and oxygen atoms in total. The summed E-state index contributed by atoms with van der Waals surface area (Å²) in [4.78, 5) is 13.4. The summed E-state index contributed by atoms with van der Waals surface area (Å²) in [6.07, 6.45) is 1.02. The molecule has 0 spiro atoms. The topological polar surface area (TPSA) is 66.6 Å². The van der Waals surface area contributed by atoms with Crippen LogP contribution in [0.2, 0.25) is 0 Å². The number of hydrogen-bond donors (Lipinski definition) is 2. The molecule has 2 N–H and O–H groups in total. The molecule has 0 aromatic heterocycles. The minimum atomic E-state index is -0.485. The van der Waals surface area contributed by atoms with Crippen molar-refractivity contribution in [3.63, 3.8) is 0 Å². The lowest BCUT2D eigenvalue weighted by molar-refractivity contribution is -0.940. The number of hydrogen-bond acceptors (Lipinski definition) is 3. The van der Waals surface area contributed by atoms with Gasteiger partial charge in [-0.25, -0.2) is 0 Å². The second-order valence-corrected chi connectivity index (χ2v) is 5.29. The van der Waals surface area contributed by atoms with Crippen molar-refractivity contribution in [2.45, 2.75) is 26.4 Å². The zero-order chi connectivity index (χ0) is 13.1. The van der Waals surface area contributed by atoms with Crippen molar-refractivity contribution in [3.8, 4) is 6.07 Å². The lowest BCUT2D eigenvalue weighted by atomic mass is 9.76. The van der Waals surface area contributed by atoms with E-state index >= 15 is 0 Å². The second kappa shape index (κ2) is 5.68. The molecule has 2 rings (SSSR count). The van der Waals surface area contributed by atoms with Gasteiger partial charge < -0.3 is 15.0 Å². The Labute approximate surface area is 108 Å². The zero-order valence-corrected chi connectivity index (χ0v) is 11.1. The number of carbonyl (C=O) groups is 1. The van der Waals surface area contributed by atoms with Crippen molar-refractivity contribution in [3.05, 3.63) is 0 Å². The van der Waals surface area contributed by atoms with Gasteiger partial charge in [0, 0.05) is 5.92 Å². The normalized spacial score (nSPS) is 37.9. The zero-order valence-electron chi connectivity index (χ0n) is 11.1. The Bertz CT molecular complexity index is 347. The summed E-state index contributed by atoms with van der Waals surface area (Å²) in [7, 11) is 0. The Balaban J connectivity index is 2.13. The Hall–Kier alpha value is -1.12. The molecule has 0 unspecified atom stereocenters. The fourth-order valence-corrected chi connectivity index (χ4v) is 3.30. The number of amides is 1. The van der Waals surface area contributed by atoms with Crippen molar-refractivity contribution in [2.75, 3.05) is 26.3 Å². The standard InChI is InChI=1S/C13H21N3O2/c1-3-10-9(2)12(15-13(17)11(10)8-14)16-4-6-18-7-5-16/h9-12H,3-7H2,1-2H3,(H,15,17)/p+1/t9-,10-,11-,12+/m1/s1. The van der Waals surface area contributed by atoms with Crippen LogP contribution in [0.4, 0.5) is 0 Å². The van der Waals surface area contributed by atoms with Gasteiger partial charge in [-0.2, -0.15) is 5.26 Å². The van der Waals surface area contributed by atoms with Gasteiger partial charge in [0.2, 0.25) is 5.91 Å². The van der Waals surface area contributed by atoms with E-state index in [0.29, 0.717) is 5.92 Å². The van der Waals surface area contributed by atoms with E-state index in [1.165, 1.54) is 4.90 Å². The lowest BCUT2D eigenvalue weighted by Gasteiger charge is -2.42. The molecular formula is C13H22N3O2+. The third-order valence-corrected chi connectivity index (χ3v) is 4.39. The van der Waals surface area contributed by atoms with Gasteiger partial charge in [0.25, 0.3) is 0 Å². The summed E-state index contributed by atoms with van der Waals surface area (Å²) in [5.41, 5.74) is 0. The van der Waals surface area contributed by atoms with Crippen LogP contribution in [-0.4, -0.2) is 38.4 Å². The number of nitrogens with zero attached hydrogens (tertiary/aromatic N) is 1. The molecule has 2 saturated heterocycles. The molecule has 2 fully saturated rings. The minimum absolute atomic E-state index is 0.0913. The number of morpholine rings is 1. The van der Waals surface area contributed by atoms with Crippen molar-refractivity contribution in [1.82, 2.24) is 5.32 Å². The van der Waals surface area contributed by atoms with Crippen LogP contribution in [0.3, 0.4) is 0 Å². The largest absolute Gasteiger partial charge is 0.370 e. The van der Waals surface area contributed by atoms with Crippen LogP contribution in [0.5, 0.6) is 0 Å². The van der Waals surface area contributed by atoms with Crippen LogP contribution < -0.4 is 10.2 Å². The summed E-state index contributed by atoms with van der Waals surface area (Å²) in [6.45, 7) is 7.60. The first kappa shape index (κ1) is 13.3. The molecule has 2 heterocycles. The summed E-state index contributed by atoms with van der Waals surface area (Å²) in [5.74, 6) is -0.0670. The molecule has 1 amide bonds. The second-order valence-electron chi connectivity index (χ2n) is 5.29. The molecular weight excluding hydrogens is 230 g/mol. The highest BCUT2D eigenvalue weighted by Crippen LogP contribution is 2.29. The lowest BCUT2D eigenvalue weighted by Crippen LogP contribution is -3.20. The van der Waals surface area contributed by atoms with Gasteiger partial charge in [0.1, 0.15) is 19.0 Å². The van der Waals surface area contributed by atoms with Crippen LogP contribution in [0.1, 0.15) is 20.3 Å². The predicted octanol–water partition coefficient (Wildman–Crippen LogP) is -0.841. The first-order chi connectivity index (χ1) is 8.69. The average Bonchev–Trinajstić information content (AvgIpc) is 2.41. The summed E-state index contributed by atoms with van der Waals surface area (Å²) in [6, 6.07) is 2.16. The van der Waals surface area contributed by atoms with E-state index in [2.05, 4.69) is 25.2 Å². The maximum Gasteiger partial charge on any atom is 0.242 e. The maximum absolute atomic E-state index is 12.0. The van der Waals surface area contributed by atoms with Crippen LogP contribution >= 0.6 is 0 Å². The number of piperidine rings is 1. The third kappa shape index (κ3) is 2.36. The van der Waals surface area contributed by atoms with E-state index in [1.807, 2.05) is 0 Å². The smallest absolute Gasteiger partial charge is 0.242 e. The Morgan fingerprint density at radius 2 is 2.17 bits per heavy atom. The molecule has 5 heteroatoms. The van der Waals surface area contributed by atoms with Crippen LogP contribution in [-0.2, 0) is 9.53 Å². The molecule has 0 bridgehead atoms. The van der Waals surface area contributed by atoms with E-state index < -0.39 is 5.92 Å². The summed E-state index contributed by atoms with van der Waals surface area (Å²) in [5, 5.41) is 12.2. The molecule has 2 aliphatic heterocycles. The van der Waals surface area contributed by atoms with Crippen molar-refractivity contribution in [1.29, 1.82) is 5.26 Å². The Morgan fingerprint density at radius 3 is 2.72 bits per heavy atom. The van der Waals surface area contributed by atoms with Gasteiger partial charge >= 0.3 is 0 Å². The highest BCUT2D eigenvalue weighted by atomic mass is 16.5. The molecule has 0 aromatic rings. The van der Waals surface area contributed by atoms with E-state index in [0.717, 1.165) is 32.7 Å². The fraction of sp³-hybridized carbons (Fsp3) is 0.846. The number of rotatable bonds is 2. The first-order valence-corrected chi connectivity index (χ1v) is 6.81. The molecule has 0 aliphatic carbocycles. The first-order valence-electron chi connectivity index (χ1n) is 6.81. The fourth-order valence-electron chi connectivity index (χ4n) is 3.30. The molecule has 18 heavy (non-hydrogen) atoms. The van der Waals surface area contributed by atoms with Crippen molar-refractivity contribution in [2.24, 2.45) is 17.8 Å². The van der Waals surface area contributed by atoms with E-state index in [4.69, 9.17) is 10.00 Å². The number of nitriles is 1. The van der Waals surface area contributed by atoms with Crippen LogP contribution in [0, 0.1) is 29.1 Å². The van der Waals surface area contributed by atoms with Gasteiger partial charge in [-0.1, -0.05) is 20.3 Å². The number of ether oxygens (including phenoxy) is 1. The quantitative estimate of drug-likeness (QED) is 0.673. The highest BCUT2D eigenvalue weighted by Gasteiger charge is 2.45. The molecule has 0 saturated carbocycles. The molecule has 100 valence electrons. The average molecular weight is 252 g/mol. The van der Waals surface area contributed by atoms with Crippen LogP contribution in [0.25, 0.3) is 0 Å². The van der Waals surface area contributed by atoms with Gasteiger partial charge in [0.05, 0.1) is 19.3 Å². The summed E-state index contributed by atoms with van der Waals surface area (Å²) >= 11 is 0. The van der Waals surface area contributed by atoms with Crippen LogP contribution in [0.15, 0.2) is 0 Å². The van der Waals surface area contributed by atoms with Crippen molar-refractivity contribution >= 4 is 5.91 Å². The third-order valence-electron chi connectivity index (χ3n) is 4.39.